The zero-order valence-corrected chi connectivity index (χ0v) is 15.7. The molecule has 0 fully saturated rings. The van der Waals surface area contributed by atoms with E-state index in [9.17, 15) is 9.59 Å². The van der Waals surface area contributed by atoms with Gasteiger partial charge in [-0.25, -0.2) is 9.78 Å². The summed E-state index contributed by atoms with van der Waals surface area (Å²) in [6.07, 6.45) is 0. The molecular formula is C18H19ClN2O3S. The van der Waals surface area contributed by atoms with Crippen LogP contribution in [0.4, 0.5) is 0 Å². The fourth-order valence-corrected chi connectivity index (χ4v) is 3.01. The molecule has 7 heteroatoms. The van der Waals surface area contributed by atoms with Crippen molar-refractivity contribution >= 4 is 34.8 Å². The van der Waals surface area contributed by atoms with Crippen LogP contribution in [-0.2, 0) is 9.53 Å². The number of halogens is 1. The Morgan fingerprint density at radius 3 is 2.60 bits per heavy atom. The van der Waals surface area contributed by atoms with Crippen LogP contribution in [0.2, 0.25) is 5.02 Å². The number of carbonyl (C=O) groups excluding carboxylic acids is 2. The molecule has 1 heterocycles. The number of hydrogen-bond acceptors (Lipinski definition) is 5. The lowest BCUT2D eigenvalue weighted by atomic mass is 10.2. The minimum Gasteiger partial charge on any atom is -0.451 e. The van der Waals surface area contributed by atoms with E-state index in [-0.39, 0.29) is 18.2 Å². The Labute approximate surface area is 155 Å². The molecule has 2 rings (SSSR count). The van der Waals surface area contributed by atoms with Crippen LogP contribution in [0.3, 0.4) is 0 Å². The highest BCUT2D eigenvalue weighted by Crippen LogP contribution is 2.25. The lowest BCUT2D eigenvalue weighted by Crippen LogP contribution is -2.35. The van der Waals surface area contributed by atoms with E-state index in [1.807, 2.05) is 26.0 Å². The van der Waals surface area contributed by atoms with E-state index < -0.39 is 5.97 Å². The van der Waals surface area contributed by atoms with Crippen LogP contribution < -0.4 is 0 Å². The van der Waals surface area contributed by atoms with Gasteiger partial charge >= 0.3 is 5.97 Å². The summed E-state index contributed by atoms with van der Waals surface area (Å²) in [5.41, 5.74) is 1.92. The number of likely N-dealkylation sites (N-methyl/N-ethyl adjacent to an activating group) is 1. The molecule has 2 aromatic rings. The van der Waals surface area contributed by atoms with Gasteiger partial charge in [-0.2, -0.15) is 0 Å². The van der Waals surface area contributed by atoms with Gasteiger partial charge in [0.15, 0.2) is 12.3 Å². The average molecular weight is 379 g/mol. The quantitative estimate of drug-likeness (QED) is 0.538. The van der Waals surface area contributed by atoms with Crippen molar-refractivity contribution in [3.05, 3.63) is 52.5 Å². The van der Waals surface area contributed by atoms with Crippen LogP contribution in [0.25, 0.3) is 10.6 Å². The molecule has 1 aromatic heterocycles. The molecule has 0 aliphatic rings. The topological polar surface area (TPSA) is 59.5 Å². The molecule has 1 aromatic carbocycles. The van der Waals surface area contributed by atoms with Gasteiger partial charge in [0.2, 0.25) is 0 Å². The lowest BCUT2D eigenvalue weighted by Gasteiger charge is -2.20. The summed E-state index contributed by atoms with van der Waals surface area (Å²) >= 11 is 7.19. The Balaban J connectivity index is 1.96. The number of hydrogen-bond donors (Lipinski definition) is 0. The van der Waals surface area contributed by atoms with Crippen molar-refractivity contribution in [2.24, 2.45) is 0 Å². The smallest absolute Gasteiger partial charge is 0.358 e. The number of thiazole rings is 1. The number of esters is 1. The molecule has 132 valence electrons. The van der Waals surface area contributed by atoms with E-state index in [4.69, 9.17) is 16.3 Å². The number of benzene rings is 1. The van der Waals surface area contributed by atoms with Gasteiger partial charge in [0.05, 0.1) is 0 Å². The first-order chi connectivity index (χ1) is 11.9. The largest absolute Gasteiger partial charge is 0.451 e. The normalized spacial score (nSPS) is 10.4. The van der Waals surface area contributed by atoms with Gasteiger partial charge in [0, 0.05) is 29.1 Å². The molecular weight excluding hydrogens is 360 g/mol. The summed E-state index contributed by atoms with van der Waals surface area (Å²) in [4.78, 5) is 30.0. The van der Waals surface area contributed by atoms with Crippen LogP contribution in [0, 0.1) is 0 Å². The maximum absolute atomic E-state index is 12.1. The molecule has 0 radical (unpaired) electrons. The molecule has 5 nitrogen and oxygen atoms in total. The Bertz CT molecular complexity index is 771. The van der Waals surface area contributed by atoms with Crippen LogP contribution in [0.5, 0.6) is 0 Å². The maximum Gasteiger partial charge on any atom is 0.358 e. The van der Waals surface area contributed by atoms with E-state index in [0.717, 1.165) is 11.1 Å². The van der Waals surface area contributed by atoms with Crippen LogP contribution in [-0.4, -0.2) is 41.5 Å². The van der Waals surface area contributed by atoms with E-state index in [1.54, 1.807) is 22.4 Å². The molecule has 0 saturated carbocycles. The highest BCUT2D eigenvalue weighted by atomic mass is 35.5. The predicted octanol–water partition coefficient (Wildman–Crippen LogP) is 4.04. The molecule has 25 heavy (non-hydrogen) atoms. The van der Waals surface area contributed by atoms with Gasteiger partial charge in [0.1, 0.15) is 5.01 Å². The fourth-order valence-electron chi connectivity index (χ4n) is 2.09. The highest BCUT2D eigenvalue weighted by molar-refractivity contribution is 7.13. The van der Waals surface area contributed by atoms with E-state index >= 15 is 0 Å². The molecule has 0 bridgehead atoms. The van der Waals surface area contributed by atoms with Crippen molar-refractivity contribution in [3.63, 3.8) is 0 Å². The third kappa shape index (κ3) is 5.41. The lowest BCUT2D eigenvalue weighted by molar-refractivity contribution is -0.133. The molecule has 0 spiro atoms. The Kier molecular flexibility index (Phi) is 6.73. The molecule has 0 atom stereocenters. The standard InChI is InChI=1S/C18H19ClN2O3S/c1-4-21(9-12(2)3)16(22)10-24-18(23)15-11-25-17(20-15)13-5-7-14(19)8-6-13/h5-8,11H,2,4,9-10H2,1,3H3. The van der Waals surface area contributed by atoms with Crippen molar-refractivity contribution in [1.82, 2.24) is 9.88 Å². The number of amides is 1. The Morgan fingerprint density at radius 2 is 2.00 bits per heavy atom. The van der Waals surface area contributed by atoms with Gasteiger partial charge in [-0.1, -0.05) is 35.9 Å². The van der Waals surface area contributed by atoms with Crippen molar-refractivity contribution in [2.75, 3.05) is 19.7 Å². The number of nitrogens with zero attached hydrogens (tertiary/aromatic N) is 2. The zero-order valence-electron chi connectivity index (χ0n) is 14.1. The summed E-state index contributed by atoms with van der Waals surface area (Å²) in [6, 6.07) is 7.18. The van der Waals surface area contributed by atoms with Gasteiger partial charge in [-0.05, 0) is 26.0 Å². The third-order valence-electron chi connectivity index (χ3n) is 3.33. The summed E-state index contributed by atoms with van der Waals surface area (Å²) in [5, 5.41) is 2.93. The minimum absolute atomic E-state index is 0.186. The van der Waals surface area contributed by atoms with Crippen LogP contribution in [0.15, 0.2) is 41.8 Å². The van der Waals surface area contributed by atoms with Crippen molar-refractivity contribution in [3.8, 4) is 10.6 Å². The number of aromatic nitrogens is 1. The number of ether oxygens (including phenoxy) is 1. The summed E-state index contributed by atoms with van der Waals surface area (Å²) < 4.78 is 5.09. The summed E-state index contributed by atoms with van der Waals surface area (Å²) in [7, 11) is 0. The second kappa shape index (κ2) is 8.78. The van der Waals surface area contributed by atoms with Crippen molar-refractivity contribution < 1.29 is 14.3 Å². The maximum atomic E-state index is 12.1. The van der Waals surface area contributed by atoms with E-state index in [2.05, 4.69) is 11.6 Å². The van der Waals surface area contributed by atoms with Crippen LogP contribution in [0.1, 0.15) is 24.3 Å². The van der Waals surface area contributed by atoms with Crippen molar-refractivity contribution in [2.45, 2.75) is 13.8 Å². The first kappa shape index (κ1) is 19.1. The molecule has 0 saturated heterocycles. The first-order valence-electron chi connectivity index (χ1n) is 7.71. The third-order valence-corrected chi connectivity index (χ3v) is 4.47. The second-order valence-electron chi connectivity index (χ2n) is 5.49. The SMILES string of the molecule is C=C(C)CN(CC)C(=O)COC(=O)c1csc(-c2ccc(Cl)cc2)n1. The van der Waals surface area contributed by atoms with Gasteiger partial charge in [0.25, 0.3) is 5.91 Å². The molecule has 0 N–H and O–H groups in total. The van der Waals surface area contributed by atoms with Gasteiger partial charge < -0.3 is 9.64 Å². The molecule has 0 aliphatic carbocycles. The fraction of sp³-hybridized carbons (Fsp3) is 0.278. The van der Waals surface area contributed by atoms with E-state index in [1.165, 1.54) is 11.3 Å². The molecule has 0 unspecified atom stereocenters. The number of rotatable bonds is 7. The first-order valence-corrected chi connectivity index (χ1v) is 8.97. The van der Waals surface area contributed by atoms with Crippen molar-refractivity contribution in [1.29, 1.82) is 0 Å². The Hall–Kier alpha value is -2.18. The summed E-state index contributed by atoms with van der Waals surface area (Å²) in [6.45, 7) is 8.16. The molecule has 0 aliphatic heterocycles. The number of carbonyl (C=O) groups is 2. The predicted molar refractivity (Wildman–Crippen MR) is 99.9 cm³/mol. The average Bonchev–Trinajstić information content (AvgIpc) is 3.07. The molecule has 1 amide bonds. The van der Waals surface area contributed by atoms with Crippen LogP contribution >= 0.6 is 22.9 Å². The van der Waals surface area contributed by atoms with Gasteiger partial charge in [-0.15, -0.1) is 11.3 Å². The monoisotopic (exact) mass is 378 g/mol. The van der Waals surface area contributed by atoms with E-state index in [0.29, 0.717) is 23.1 Å². The van der Waals surface area contributed by atoms with Gasteiger partial charge in [-0.3, -0.25) is 4.79 Å². The highest BCUT2D eigenvalue weighted by Gasteiger charge is 2.17. The minimum atomic E-state index is -0.615. The zero-order chi connectivity index (χ0) is 18.4. The Morgan fingerprint density at radius 1 is 1.32 bits per heavy atom. The summed E-state index contributed by atoms with van der Waals surface area (Å²) in [5.74, 6) is -0.872. The second-order valence-corrected chi connectivity index (χ2v) is 6.78.